The van der Waals surface area contributed by atoms with Crippen LogP contribution in [-0.4, -0.2) is 51.0 Å². The van der Waals surface area contributed by atoms with Gasteiger partial charge in [0, 0.05) is 0 Å². The first-order chi connectivity index (χ1) is 9.24. The molecule has 1 heterocycles. The molecule has 1 saturated heterocycles. The highest BCUT2D eigenvalue weighted by Gasteiger charge is 2.41. The zero-order chi connectivity index (χ0) is 14.1. The van der Waals surface area contributed by atoms with Crippen LogP contribution in [0.1, 0.15) is 0 Å². The van der Waals surface area contributed by atoms with Crippen molar-refractivity contribution < 1.29 is 18.9 Å². The predicted molar refractivity (Wildman–Crippen MR) is 73.7 cm³/mol. The lowest BCUT2D eigenvalue weighted by Crippen LogP contribution is -2.59. The van der Waals surface area contributed by atoms with Gasteiger partial charge in [-0.25, -0.2) is 0 Å². The van der Waals surface area contributed by atoms with Crippen LogP contribution in [0.2, 0.25) is 0 Å². The number of hydrogen-bond acceptors (Lipinski definition) is 5. The summed E-state index contributed by atoms with van der Waals surface area (Å²) in [5.41, 5.74) is 5.91. The summed E-state index contributed by atoms with van der Waals surface area (Å²) < 4.78 is 22.5. The number of rotatable bonds is 9. The number of ether oxygens (including phenoxy) is 4. The maximum atomic E-state index is 5.91. The molecule has 0 bridgehead atoms. The minimum Gasteiger partial charge on any atom is -0.369 e. The quantitative estimate of drug-likeness (QED) is 0.633. The van der Waals surface area contributed by atoms with Crippen molar-refractivity contribution in [3.63, 3.8) is 0 Å². The van der Waals surface area contributed by atoms with Gasteiger partial charge in [0.15, 0.2) is 0 Å². The summed E-state index contributed by atoms with van der Waals surface area (Å²) >= 11 is 0. The van der Waals surface area contributed by atoms with E-state index in [0.29, 0.717) is 26.4 Å². The Balaban J connectivity index is 2.70. The molecule has 0 aromatic rings. The standard InChI is InChI=1S/C14H23NO4/c1-4-7-16-11-10-19-14(15)13(18-9-6-3)12(11)17-8-5-2/h4-6,11-14H,1-3,7-10,15H2. The minimum absolute atomic E-state index is 0.243. The molecule has 2 N–H and O–H groups in total. The molecule has 4 unspecified atom stereocenters. The molecular formula is C14H23NO4. The summed E-state index contributed by atoms with van der Waals surface area (Å²) in [4.78, 5) is 0. The van der Waals surface area contributed by atoms with Crippen molar-refractivity contribution in [3.8, 4) is 0 Å². The van der Waals surface area contributed by atoms with Crippen LogP contribution < -0.4 is 5.73 Å². The molecule has 1 aliphatic rings. The zero-order valence-electron chi connectivity index (χ0n) is 11.2. The first kappa shape index (κ1) is 16.1. The molecule has 5 nitrogen and oxygen atoms in total. The van der Waals surface area contributed by atoms with Gasteiger partial charge in [0.1, 0.15) is 24.5 Å². The molecule has 19 heavy (non-hydrogen) atoms. The highest BCUT2D eigenvalue weighted by Crippen LogP contribution is 2.21. The Hall–Kier alpha value is -0.980. The summed E-state index contributed by atoms with van der Waals surface area (Å²) in [7, 11) is 0. The van der Waals surface area contributed by atoms with Gasteiger partial charge >= 0.3 is 0 Å². The van der Waals surface area contributed by atoms with Gasteiger partial charge in [-0.3, -0.25) is 0 Å². The Bertz CT molecular complexity index is 295. The van der Waals surface area contributed by atoms with Crippen LogP contribution in [0.4, 0.5) is 0 Å². The van der Waals surface area contributed by atoms with E-state index in [0.717, 1.165) is 0 Å². The van der Waals surface area contributed by atoms with Crippen molar-refractivity contribution in [2.24, 2.45) is 5.73 Å². The van der Waals surface area contributed by atoms with Gasteiger partial charge in [0.05, 0.1) is 26.4 Å². The second kappa shape index (κ2) is 9.01. The fourth-order valence-electron chi connectivity index (χ4n) is 1.88. The summed E-state index contributed by atoms with van der Waals surface area (Å²) in [6.07, 6.45) is 3.52. The smallest absolute Gasteiger partial charge is 0.134 e. The van der Waals surface area contributed by atoms with Gasteiger partial charge in [-0.1, -0.05) is 18.2 Å². The van der Waals surface area contributed by atoms with Gasteiger partial charge in [-0.15, -0.1) is 19.7 Å². The minimum atomic E-state index is -0.543. The second-order valence-corrected chi connectivity index (χ2v) is 4.13. The van der Waals surface area contributed by atoms with Crippen LogP contribution in [0.15, 0.2) is 38.0 Å². The van der Waals surface area contributed by atoms with Crippen LogP contribution in [0.5, 0.6) is 0 Å². The molecule has 0 saturated carbocycles. The Kier molecular flexibility index (Phi) is 7.62. The van der Waals surface area contributed by atoms with E-state index in [9.17, 15) is 0 Å². The van der Waals surface area contributed by atoms with E-state index in [1.807, 2.05) is 0 Å². The van der Waals surface area contributed by atoms with Crippen molar-refractivity contribution in [3.05, 3.63) is 38.0 Å². The summed E-state index contributed by atoms with van der Waals surface area (Å²) in [6.45, 7) is 12.4. The molecule has 1 rings (SSSR count). The normalized spacial score (nSPS) is 30.8. The molecule has 108 valence electrons. The van der Waals surface area contributed by atoms with Gasteiger partial charge in [-0.05, 0) is 0 Å². The Morgan fingerprint density at radius 1 is 0.947 bits per heavy atom. The Morgan fingerprint density at radius 2 is 1.47 bits per heavy atom. The van der Waals surface area contributed by atoms with E-state index >= 15 is 0 Å². The number of hydrogen-bond donors (Lipinski definition) is 1. The maximum absolute atomic E-state index is 5.91. The lowest BCUT2D eigenvalue weighted by molar-refractivity contribution is -0.221. The first-order valence-corrected chi connectivity index (χ1v) is 6.29. The van der Waals surface area contributed by atoms with E-state index in [2.05, 4.69) is 19.7 Å². The molecule has 0 aliphatic carbocycles. The highest BCUT2D eigenvalue weighted by atomic mass is 16.6. The Morgan fingerprint density at radius 3 is 2.05 bits per heavy atom. The molecule has 4 atom stereocenters. The van der Waals surface area contributed by atoms with Crippen molar-refractivity contribution >= 4 is 0 Å². The third kappa shape index (κ3) is 4.89. The second-order valence-electron chi connectivity index (χ2n) is 4.13. The maximum Gasteiger partial charge on any atom is 0.134 e. The van der Waals surface area contributed by atoms with E-state index in [1.54, 1.807) is 18.2 Å². The average molecular weight is 269 g/mol. The van der Waals surface area contributed by atoms with Crippen molar-refractivity contribution in [2.45, 2.75) is 24.5 Å². The fourth-order valence-corrected chi connectivity index (χ4v) is 1.88. The molecule has 0 amide bonds. The summed E-state index contributed by atoms with van der Waals surface area (Å²) in [5, 5.41) is 0. The molecule has 1 aliphatic heterocycles. The van der Waals surface area contributed by atoms with E-state index < -0.39 is 12.3 Å². The van der Waals surface area contributed by atoms with Crippen LogP contribution in [0.3, 0.4) is 0 Å². The van der Waals surface area contributed by atoms with Gasteiger partial charge < -0.3 is 24.7 Å². The fraction of sp³-hybridized carbons (Fsp3) is 0.571. The third-order valence-corrected chi connectivity index (χ3v) is 2.71. The number of nitrogens with two attached hydrogens (primary N) is 1. The monoisotopic (exact) mass is 269 g/mol. The van der Waals surface area contributed by atoms with E-state index in [1.165, 1.54) is 0 Å². The summed E-state index contributed by atoms with van der Waals surface area (Å²) in [5.74, 6) is 0. The SMILES string of the molecule is C=CCOC1COC(N)C(OCC=C)C1OCC=C. The predicted octanol–water partition coefficient (Wildman–Crippen LogP) is 1.02. The Labute approximate surface area is 114 Å². The van der Waals surface area contributed by atoms with Crippen LogP contribution in [-0.2, 0) is 18.9 Å². The van der Waals surface area contributed by atoms with Crippen molar-refractivity contribution in [1.29, 1.82) is 0 Å². The topological polar surface area (TPSA) is 62.9 Å². The molecule has 0 radical (unpaired) electrons. The summed E-state index contributed by atoms with van der Waals surface area (Å²) in [6, 6.07) is 0. The van der Waals surface area contributed by atoms with Crippen LogP contribution in [0.25, 0.3) is 0 Å². The van der Waals surface area contributed by atoms with Gasteiger partial charge in [-0.2, -0.15) is 0 Å². The van der Waals surface area contributed by atoms with Crippen molar-refractivity contribution in [1.82, 2.24) is 0 Å². The largest absolute Gasteiger partial charge is 0.369 e. The molecule has 1 fully saturated rings. The lowest BCUT2D eigenvalue weighted by atomic mass is 10.0. The van der Waals surface area contributed by atoms with E-state index in [-0.39, 0.29) is 12.2 Å². The molecule has 5 heteroatoms. The van der Waals surface area contributed by atoms with E-state index in [4.69, 9.17) is 24.7 Å². The lowest BCUT2D eigenvalue weighted by Gasteiger charge is -2.40. The van der Waals surface area contributed by atoms with Gasteiger partial charge in [0.2, 0.25) is 0 Å². The average Bonchev–Trinajstić information content (AvgIpc) is 2.42. The highest BCUT2D eigenvalue weighted by molar-refractivity contribution is 4.90. The first-order valence-electron chi connectivity index (χ1n) is 6.29. The van der Waals surface area contributed by atoms with Crippen LogP contribution >= 0.6 is 0 Å². The molecule has 0 spiro atoms. The van der Waals surface area contributed by atoms with Gasteiger partial charge in [0.25, 0.3) is 0 Å². The molecular weight excluding hydrogens is 246 g/mol. The molecule has 0 aromatic heterocycles. The third-order valence-electron chi connectivity index (χ3n) is 2.71. The zero-order valence-corrected chi connectivity index (χ0v) is 11.2. The molecule has 0 aromatic carbocycles. The van der Waals surface area contributed by atoms with Crippen molar-refractivity contribution in [2.75, 3.05) is 26.4 Å². The van der Waals surface area contributed by atoms with Crippen LogP contribution in [0, 0.1) is 0 Å².